The summed E-state index contributed by atoms with van der Waals surface area (Å²) in [6.45, 7) is 6.51. The van der Waals surface area contributed by atoms with Gasteiger partial charge < -0.3 is 19.7 Å². The highest BCUT2D eigenvalue weighted by Crippen LogP contribution is 2.36. The molecule has 6 heteroatoms. The van der Waals surface area contributed by atoms with Crippen LogP contribution in [0.5, 0.6) is 11.5 Å². The molecular weight excluding hydrogens is 352 g/mol. The minimum atomic E-state index is -0.104. The number of hydrogen-bond donors (Lipinski definition) is 1. The lowest BCUT2D eigenvalue weighted by Gasteiger charge is -2.26. The number of likely N-dealkylation sites (tertiary alicyclic amines) is 1. The summed E-state index contributed by atoms with van der Waals surface area (Å²) in [6.07, 6.45) is 8.16. The van der Waals surface area contributed by atoms with Gasteiger partial charge in [0.2, 0.25) is 5.91 Å². The van der Waals surface area contributed by atoms with Crippen LogP contribution in [0.3, 0.4) is 0 Å². The quantitative estimate of drug-likeness (QED) is 0.523. The van der Waals surface area contributed by atoms with E-state index in [0.717, 1.165) is 18.5 Å². The van der Waals surface area contributed by atoms with E-state index in [1.54, 1.807) is 25.3 Å². The standard InChI is InChI=1S/C20H29ClN2O3/c1-3-26-20-17(21)14-16(15-18(20)25-2)8-9-19(24)22-10-7-13-23-11-5-4-6-12-23/h8-9,14-15H,3-7,10-13H2,1-2H3,(H,22,24)/b9-8+. The first-order chi connectivity index (χ1) is 12.6. The van der Waals surface area contributed by atoms with Gasteiger partial charge in [-0.1, -0.05) is 18.0 Å². The monoisotopic (exact) mass is 380 g/mol. The van der Waals surface area contributed by atoms with Gasteiger partial charge in [-0.05, 0) is 69.6 Å². The van der Waals surface area contributed by atoms with E-state index in [1.807, 2.05) is 6.92 Å². The molecule has 1 aromatic rings. The normalized spacial score (nSPS) is 15.2. The van der Waals surface area contributed by atoms with Crippen molar-refractivity contribution in [1.82, 2.24) is 10.2 Å². The Hall–Kier alpha value is -1.72. The lowest BCUT2D eigenvalue weighted by atomic mass is 10.1. The van der Waals surface area contributed by atoms with Crippen LogP contribution in [0.4, 0.5) is 0 Å². The van der Waals surface area contributed by atoms with E-state index in [2.05, 4.69) is 10.2 Å². The Kier molecular flexibility index (Phi) is 8.78. The first-order valence-electron chi connectivity index (χ1n) is 9.32. The fourth-order valence-corrected chi connectivity index (χ4v) is 3.32. The second kappa shape index (κ2) is 11.1. The first-order valence-corrected chi connectivity index (χ1v) is 9.70. The Labute approximate surface area is 161 Å². The van der Waals surface area contributed by atoms with Gasteiger partial charge in [-0.25, -0.2) is 0 Å². The number of nitrogens with one attached hydrogen (secondary N) is 1. The number of piperidine rings is 1. The number of amides is 1. The third kappa shape index (κ3) is 6.54. The zero-order valence-corrected chi connectivity index (χ0v) is 16.5. The van der Waals surface area contributed by atoms with Crippen molar-refractivity contribution in [3.63, 3.8) is 0 Å². The number of halogens is 1. The minimum absolute atomic E-state index is 0.104. The SMILES string of the molecule is CCOc1c(Cl)cc(/C=C/C(=O)NCCCN2CCCCC2)cc1OC. The van der Waals surface area contributed by atoms with Crippen LogP contribution in [0.1, 0.15) is 38.2 Å². The lowest BCUT2D eigenvalue weighted by Crippen LogP contribution is -2.33. The molecule has 0 aromatic heterocycles. The minimum Gasteiger partial charge on any atom is -0.493 e. The Bertz CT molecular complexity index is 613. The largest absolute Gasteiger partial charge is 0.493 e. The zero-order chi connectivity index (χ0) is 18.8. The molecule has 1 aromatic carbocycles. The van der Waals surface area contributed by atoms with Crippen molar-refractivity contribution >= 4 is 23.6 Å². The van der Waals surface area contributed by atoms with Crippen molar-refractivity contribution in [3.05, 3.63) is 28.8 Å². The van der Waals surface area contributed by atoms with Crippen LogP contribution >= 0.6 is 11.6 Å². The topological polar surface area (TPSA) is 50.8 Å². The van der Waals surface area contributed by atoms with Crippen molar-refractivity contribution in [2.24, 2.45) is 0 Å². The van der Waals surface area contributed by atoms with Gasteiger partial charge >= 0.3 is 0 Å². The van der Waals surface area contributed by atoms with Gasteiger partial charge in [0.25, 0.3) is 0 Å². The van der Waals surface area contributed by atoms with Crippen LogP contribution in [0.25, 0.3) is 6.08 Å². The molecule has 1 saturated heterocycles. The predicted octanol–water partition coefficient (Wildman–Crippen LogP) is 3.75. The van der Waals surface area contributed by atoms with Crippen molar-refractivity contribution in [3.8, 4) is 11.5 Å². The second-order valence-corrected chi connectivity index (χ2v) is 6.75. The molecule has 1 aliphatic heterocycles. The van der Waals surface area contributed by atoms with E-state index in [9.17, 15) is 4.79 Å². The fraction of sp³-hybridized carbons (Fsp3) is 0.550. The van der Waals surface area contributed by atoms with Crippen LogP contribution in [0.2, 0.25) is 5.02 Å². The number of ether oxygens (including phenoxy) is 2. The van der Waals surface area contributed by atoms with Crippen molar-refractivity contribution in [2.45, 2.75) is 32.6 Å². The molecule has 1 aliphatic rings. The molecule has 0 saturated carbocycles. The second-order valence-electron chi connectivity index (χ2n) is 6.35. The summed E-state index contributed by atoms with van der Waals surface area (Å²) in [5, 5.41) is 3.39. The van der Waals surface area contributed by atoms with Crippen LogP contribution in [-0.4, -0.2) is 50.7 Å². The molecule has 0 unspecified atom stereocenters. The molecule has 144 valence electrons. The summed E-state index contributed by atoms with van der Waals surface area (Å²) in [5.74, 6) is 0.976. The summed E-state index contributed by atoms with van der Waals surface area (Å²) in [5.41, 5.74) is 0.791. The molecule has 26 heavy (non-hydrogen) atoms. The molecule has 1 N–H and O–H groups in total. The van der Waals surface area contributed by atoms with E-state index in [-0.39, 0.29) is 5.91 Å². The van der Waals surface area contributed by atoms with E-state index >= 15 is 0 Å². The zero-order valence-electron chi connectivity index (χ0n) is 15.7. The van der Waals surface area contributed by atoms with Crippen LogP contribution in [-0.2, 0) is 4.79 Å². The van der Waals surface area contributed by atoms with E-state index < -0.39 is 0 Å². The molecule has 1 fully saturated rings. The number of rotatable bonds is 9. The average molecular weight is 381 g/mol. The van der Waals surface area contributed by atoms with Crippen LogP contribution in [0.15, 0.2) is 18.2 Å². The fourth-order valence-electron chi connectivity index (χ4n) is 3.05. The number of methoxy groups -OCH3 is 1. The highest BCUT2D eigenvalue weighted by atomic mass is 35.5. The lowest BCUT2D eigenvalue weighted by molar-refractivity contribution is -0.116. The Balaban J connectivity index is 1.80. The number of benzene rings is 1. The van der Waals surface area contributed by atoms with Gasteiger partial charge in [0.15, 0.2) is 11.5 Å². The van der Waals surface area contributed by atoms with Crippen LogP contribution < -0.4 is 14.8 Å². The molecule has 0 atom stereocenters. The number of nitrogens with zero attached hydrogens (tertiary/aromatic N) is 1. The van der Waals surface area contributed by atoms with Gasteiger partial charge in [0.1, 0.15) is 0 Å². The van der Waals surface area contributed by atoms with E-state index in [4.69, 9.17) is 21.1 Å². The van der Waals surface area contributed by atoms with Crippen molar-refractivity contribution in [2.75, 3.05) is 39.9 Å². The Morgan fingerprint density at radius 2 is 2.08 bits per heavy atom. The summed E-state index contributed by atoms with van der Waals surface area (Å²) < 4.78 is 10.8. The van der Waals surface area contributed by atoms with Crippen molar-refractivity contribution < 1.29 is 14.3 Å². The highest BCUT2D eigenvalue weighted by Gasteiger charge is 2.11. The highest BCUT2D eigenvalue weighted by molar-refractivity contribution is 6.32. The molecule has 0 radical (unpaired) electrons. The molecule has 5 nitrogen and oxygen atoms in total. The summed E-state index contributed by atoms with van der Waals surface area (Å²) in [6, 6.07) is 3.56. The van der Waals surface area contributed by atoms with Gasteiger partial charge in [-0.3, -0.25) is 4.79 Å². The predicted molar refractivity (Wildman–Crippen MR) is 106 cm³/mol. The Morgan fingerprint density at radius 3 is 2.77 bits per heavy atom. The molecule has 2 rings (SSSR count). The third-order valence-corrected chi connectivity index (χ3v) is 4.65. The maximum atomic E-state index is 12.0. The van der Waals surface area contributed by atoms with E-state index in [0.29, 0.717) is 29.7 Å². The average Bonchev–Trinajstić information content (AvgIpc) is 2.66. The molecule has 1 heterocycles. The first kappa shape index (κ1) is 20.6. The molecule has 0 bridgehead atoms. The number of hydrogen-bond acceptors (Lipinski definition) is 4. The van der Waals surface area contributed by atoms with Crippen molar-refractivity contribution in [1.29, 1.82) is 0 Å². The summed E-state index contributed by atoms with van der Waals surface area (Å²) in [4.78, 5) is 14.4. The molecule has 0 aliphatic carbocycles. The maximum absolute atomic E-state index is 12.0. The van der Waals surface area contributed by atoms with Crippen LogP contribution in [0, 0.1) is 0 Å². The molecular formula is C20H29ClN2O3. The Morgan fingerprint density at radius 1 is 1.31 bits per heavy atom. The maximum Gasteiger partial charge on any atom is 0.243 e. The molecule has 0 spiro atoms. The van der Waals surface area contributed by atoms with Gasteiger partial charge in [0.05, 0.1) is 18.7 Å². The summed E-state index contributed by atoms with van der Waals surface area (Å²) >= 11 is 6.24. The van der Waals surface area contributed by atoms with Gasteiger partial charge in [-0.2, -0.15) is 0 Å². The van der Waals surface area contributed by atoms with Gasteiger partial charge in [-0.15, -0.1) is 0 Å². The van der Waals surface area contributed by atoms with E-state index in [1.165, 1.54) is 38.4 Å². The third-order valence-electron chi connectivity index (χ3n) is 4.37. The summed E-state index contributed by atoms with van der Waals surface area (Å²) in [7, 11) is 1.57. The smallest absolute Gasteiger partial charge is 0.243 e. The number of carbonyl (C=O) groups is 1. The number of carbonyl (C=O) groups excluding carboxylic acids is 1. The molecule has 1 amide bonds. The van der Waals surface area contributed by atoms with Gasteiger partial charge in [0, 0.05) is 12.6 Å².